The number of aromatic amines is 1. The predicted molar refractivity (Wildman–Crippen MR) is 145 cm³/mol. The van der Waals surface area contributed by atoms with Gasteiger partial charge in [-0.05, 0) is 99.3 Å². The van der Waals surface area contributed by atoms with E-state index in [1.807, 2.05) is 19.9 Å². The lowest BCUT2D eigenvalue weighted by atomic mass is 9.97. The largest absolute Gasteiger partial charge is 0.344 e. The van der Waals surface area contributed by atoms with E-state index in [-0.39, 0.29) is 5.56 Å². The second-order valence-electron chi connectivity index (χ2n) is 10.5. The third kappa shape index (κ3) is 4.97. The number of rotatable bonds is 8. The summed E-state index contributed by atoms with van der Waals surface area (Å²) < 4.78 is 2.48. The van der Waals surface area contributed by atoms with Gasteiger partial charge in [-0.25, -0.2) is 0 Å². The molecule has 2 N–H and O–H groups in total. The smallest absolute Gasteiger partial charge is 0.252 e. The first kappa shape index (κ1) is 23.6. The zero-order chi connectivity index (χ0) is 24.7. The minimum absolute atomic E-state index is 0.00257. The predicted octanol–water partition coefficient (Wildman–Crippen LogP) is 5.61. The van der Waals surface area contributed by atoms with E-state index in [0.29, 0.717) is 19.1 Å². The summed E-state index contributed by atoms with van der Waals surface area (Å²) in [6.45, 7) is 8.36. The second-order valence-corrected chi connectivity index (χ2v) is 10.5. The molecule has 4 aromatic rings. The summed E-state index contributed by atoms with van der Waals surface area (Å²) in [5.74, 6) is 0. The average molecular weight is 469 g/mol. The van der Waals surface area contributed by atoms with Crippen LogP contribution in [0.25, 0.3) is 22.0 Å². The van der Waals surface area contributed by atoms with Crippen molar-refractivity contribution >= 4 is 10.9 Å². The van der Waals surface area contributed by atoms with E-state index in [4.69, 9.17) is 0 Å². The highest BCUT2D eigenvalue weighted by Crippen LogP contribution is 2.41. The van der Waals surface area contributed by atoms with E-state index in [0.717, 1.165) is 23.4 Å². The van der Waals surface area contributed by atoms with Crippen molar-refractivity contribution in [3.63, 3.8) is 0 Å². The molecule has 0 bridgehead atoms. The topological polar surface area (TPSA) is 53.1 Å². The molecule has 5 heteroatoms. The summed E-state index contributed by atoms with van der Waals surface area (Å²) in [6.07, 6.45) is 4.84. The Kier molecular flexibility index (Phi) is 6.39. The standard InChI is InChI=1S/C30H36N4O/c1-19-12-21(3)32-30(35)27(19)16-31-15-25-13-24(23-8-6-22(7-9-23)18-33(4)5)14-28-29(25)20(2)17-34(28)26-10-11-26/h6-9,12-14,17,26,31H,10-11,15-16,18H2,1-5H3,(H,32,35). The fourth-order valence-electron chi connectivity index (χ4n) is 5.24. The number of fused-ring (bicyclic) bond motifs is 1. The number of nitrogens with one attached hydrogen (secondary N) is 2. The molecular weight excluding hydrogens is 432 g/mol. The molecule has 0 spiro atoms. The first-order valence-electron chi connectivity index (χ1n) is 12.6. The van der Waals surface area contributed by atoms with Crippen LogP contribution in [0.3, 0.4) is 0 Å². The number of hydrogen-bond acceptors (Lipinski definition) is 3. The maximum atomic E-state index is 12.5. The molecule has 35 heavy (non-hydrogen) atoms. The minimum Gasteiger partial charge on any atom is -0.344 e. The molecule has 0 atom stereocenters. The van der Waals surface area contributed by atoms with Crippen LogP contribution < -0.4 is 10.9 Å². The van der Waals surface area contributed by atoms with Crippen molar-refractivity contribution in [2.24, 2.45) is 0 Å². The summed E-state index contributed by atoms with van der Waals surface area (Å²) >= 11 is 0. The van der Waals surface area contributed by atoms with Crippen molar-refractivity contribution < 1.29 is 0 Å². The molecule has 5 rings (SSSR count). The molecule has 0 aliphatic heterocycles. The molecule has 1 aliphatic rings. The number of aryl methyl sites for hydroxylation is 3. The molecule has 0 radical (unpaired) electrons. The highest BCUT2D eigenvalue weighted by molar-refractivity contribution is 5.91. The van der Waals surface area contributed by atoms with Crippen LogP contribution in [0.15, 0.2) is 53.5 Å². The summed E-state index contributed by atoms with van der Waals surface area (Å²) in [4.78, 5) is 17.6. The third-order valence-electron chi connectivity index (χ3n) is 7.04. The van der Waals surface area contributed by atoms with Crippen molar-refractivity contribution in [1.82, 2.24) is 19.8 Å². The molecular formula is C30H36N4O. The Morgan fingerprint density at radius 1 is 0.971 bits per heavy atom. The number of pyridine rings is 1. The Hall–Kier alpha value is -3.15. The summed E-state index contributed by atoms with van der Waals surface area (Å²) in [5.41, 5.74) is 10.5. The van der Waals surface area contributed by atoms with Crippen LogP contribution in [-0.2, 0) is 19.6 Å². The van der Waals surface area contributed by atoms with Crippen LogP contribution in [0.2, 0.25) is 0 Å². The number of benzene rings is 2. The molecule has 5 nitrogen and oxygen atoms in total. The maximum absolute atomic E-state index is 12.5. The van der Waals surface area contributed by atoms with Crippen molar-refractivity contribution in [2.75, 3.05) is 14.1 Å². The Labute approximate surface area is 207 Å². The molecule has 2 aromatic carbocycles. The van der Waals surface area contributed by atoms with Gasteiger partial charge in [-0.2, -0.15) is 0 Å². The van der Waals surface area contributed by atoms with E-state index in [1.54, 1.807) is 0 Å². The molecule has 0 saturated heterocycles. The van der Waals surface area contributed by atoms with Crippen LogP contribution in [0.4, 0.5) is 0 Å². The van der Waals surface area contributed by atoms with Crippen LogP contribution in [0.5, 0.6) is 0 Å². The summed E-state index contributed by atoms with van der Waals surface area (Å²) in [5, 5.41) is 4.91. The molecule has 1 aliphatic carbocycles. The van der Waals surface area contributed by atoms with Gasteiger partial charge in [-0.15, -0.1) is 0 Å². The summed E-state index contributed by atoms with van der Waals surface area (Å²) in [7, 11) is 4.20. The monoisotopic (exact) mass is 468 g/mol. The Bertz CT molecular complexity index is 1420. The molecule has 2 heterocycles. The molecule has 2 aromatic heterocycles. The molecule has 1 saturated carbocycles. The molecule has 182 valence electrons. The zero-order valence-electron chi connectivity index (χ0n) is 21.5. The lowest BCUT2D eigenvalue weighted by molar-refractivity contribution is 0.402. The quantitative estimate of drug-likeness (QED) is 0.353. The van der Waals surface area contributed by atoms with Crippen molar-refractivity contribution in [3.8, 4) is 11.1 Å². The van der Waals surface area contributed by atoms with Gasteiger partial charge in [0, 0.05) is 54.0 Å². The van der Waals surface area contributed by atoms with E-state index >= 15 is 0 Å². The minimum atomic E-state index is 0.00257. The summed E-state index contributed by atoms with van der Waals surface area (Å²) in [6, 6.07) is 16.3. The van der Waals surface area contributed by atoms with Gasteiger partial charge in [-0.1, -0.05) is 24.3 Å². The van der Waals surface area contributed by atoms with Gasteiger partial charge in [-0.3, -0.25) is 4.79 Å². The second kappa shape index (κ2) is 9.48. The fourth-order valence-corrected chi connectivity index (χ4v) is 5.24. The van der Waals surface area contributed by atoms with E-state index < -0.39 is 0 Å². The van der Waals surface area contributed by atoms with Crippen LogP contribution in [-0.4, -0.2) is 28.5 Å². The van der Waals surface area contributed by atoms with Crippen molar-refractivity contribution in [2.45, 2.75) is 59.3 Å². The van der Waals surface area contributed by atoms with Gasteiger partial charge in [0.2, 0.25) is 0 Å². The molecule has 0 amide bonds. The van der Waals surface area contributed by atoms with Crippen LogP contribution in [0, 0.1) is 20.8 Å². The van der Waals surface area contributed by atoms with Gasteiger partial charge in [0.1, 0.15) is 0 Å². The maximum Gasteiger partial charge on any atom is 0.252 e. The van der Waals surface area contributed by atoms with Crippen molar-refractivity contribution in [3.05, 3.63) is 92.5 Å². The number of nitrogens with zero attached hydrogens (tertiary/aromatic N) is 2. The first-order valence-corrected chi connectivity index (χ1v) is 12.6. The number of hydrogen-bond donors (Lipinski definition) is 2. The fraction of sp³-hybridized carbons (Fsp3) is 0.367. The third-order valence-corrected chi connectivity index (χ3v) is 7.04. The lowest BCUT2D eigenvalue weighted by Gasteiger charge is -2.14. The Balaban J connectivity index is 1.49. The zero-order valence-corrected chi connectivity index (χ0v) is 21.5. The van der Waals surface area contributed by atoms with E-state index in [2.05, 4.69) is 83.4 Å². The van der Waals surface area contributed by atoms with Crippen molar-refractivity contribution in [1.29, 1.82) is 0 Å². The number of H-pyrrole nitrogens is 1. The highest BCUT2D eigenvalue weighted by Gasteiger charge is 2.26. The van der Waals surface area contributed by atoms with E-state index in [9.17, 15) is 4.79 Å². The normalized spacial score (nSPS) is 13.8. The Morgan fingerprint density at radius 3 is 2.37 bits per heavy atom. The average Bonchev–Trinajstić information content (AvgIpc) is 3.59. The van der Waals surface area contributed by atoms with Gasteiger partial charge >= 0.3 is 0 Å². The van der Waals surface area contributed by atoms with Crippen LogP contribution in [0.1, 0.15) is 52.4 Å². The molecule has 1 fully saturated rings. The van der Waals surface area contributed by atoms with Gasteiger partial charge in [0.25, 0.3) is 5.56 Å². The SMILES string of the molecule is Cc1cc(C)c(CNCc2cc(-c3ccc(CN(C)C)cc3)cc3c2c(C)cn3C2CC2)c(=O)[nH]1. The highest BCUT2D eigenvalue weighted by atomic mass is 16.1. The lowest BCUT2D eigenvalue weighted by Crippen LogP contribution is -2.23. The van der Waals surface area contributed by atoms with E-state index in [1.165, 1.54) is 51.6 Å². The molecule has 0 unspecified atom stereocenters. The van der Waals surface area contributed by atoms with Gasteiger partial charge < -0.3 is 19.8 Å². The first-order chi connectivity index (χ1) is 16.8. The Morgan fingerprint density at radius 2 is 1.71 bits per heavy atom. The van der Waals surface area contributed by atoms with Gasteiger partial charge in [0.15, 0.2) is 0 Å². The van der Waals surface area contributed by atoms with Crippen LogP contribution >= 0.6 is 0 Å². The number of aromatic nitrogens is 2. The van der Waals surface area contributed by atoms with Gasteiger partial charge in [0.05, 0.1) is 0 Å².